The van der Waals surface area contributed by atoms with Gasteiger partial charge in [0.15, 0.2) is 13.9 Å². The van der Waals surface area contributed by atoms with Gasteiger partial charge in [-0.15, -0.1) is 0 Å². The van der Waals surface area contributed by atoms with Gasteiger partial charge in [-0.2, -0.15) is 0 Å². The minimum Gasteiger partial charge on any atom is -0.481 e. The summed E-state index contributed by atoms with van der Waals surface area (Å²) in [5.41, 5.74) is -0.690. The summed E-state index contributed by atoms with van der Waals surface area (Å²) < 4.78 is 11.0. The fraction of sp³-hybridized carbons (Fsp3) is 0.929. The maximum absolute atomic E-state index is 10.0. The van der Waals surface area contributed by atoms with Gasteiger partial charge >= 0.3 is 5.97 Å². The summed E-state index contributed by atoms with van der Waals surface area (Å²) in [5.74, 6) is -0.757. The van der Waals surface area contributed by atoms with E-state index in [0.29, 0.717) is 6.61 Å². The lowest BCUT2D eigenvalue weighted by molar-refractivity contribution is -0.145. The average molecular weight is 325 g/mol. The summed E-state index contributed by atoms with van der Waals surface area (Å²) in [6.07, 6.45) is 0.135. The number of carboxylic acids is 1. The summed E-state index contributed by atoms with van der Waals surface area (Å²) in [6, 6.07) is 0. The molecule has 120 valence electrons. The first-order valence-electron chi connectivity index (χ1n) is 6.85. The molecule has 1 heterocycles. The molecule has 1 N–H and O–H groups in total. The monoisotopic (exact) mass is 324 g/mol. The predicted octanol–water partition coefficient (Wildman–Crippen LogP) is 4.09. The van der Waals surface area contributed by atoms with Gasteiger partial charge in [-0.25, -0.2) is 0 Å². The van der Waals surface area contributed by atoms with Crippen LogP contribution in [0.4, 0.5) is 0 Å². The molecule has 6 heteroatoms. The Kier molecular flexibility index (Phi) is 6.74. The van der Waals surface area contributed by atoms with Crippen molar-refractivity contribution >= 4 is 25.9 Å². The van der Waals surface area contributed by atoms with Crippen LogP contribution in [0.25, 0.3) is 0 Å². The van der Waals surface area contributed by atoms with Crippen LogP contribution in [0.15, 0.2) is 0 Å². The average Bonchev–Trinajstić information content (AvgIpc) is 2.89. The highest BCUT2D eigenvalue weighted by molar-refractivity contribution is 6.74. The second kappa shape index (κ2) is 6.77. The minimum absolute atomic E-state index is 0.107. The molecule has 0 aromatic rings. The van der Waals surface area contributed by atoms with E-state index in [1.54, 1.807) is 20.8 Å². The van der Waals surface area contributed by atoms with Crippen LogP contribution in [-0.2, 0) is 14.0 Å². The first-order valence-corrected chi connectivity index (χ1v) is 10.2. The summed E-state index contributed by atoms with van der Waals surface area (Å²) >= 11 is 5.71. The van der Waals surface area contributed by atoms with Gasteiger partial charge in [0.05, 0.1) is 12.0 Å². The van der Waals surface area contributed by atoms with Crippen molar-refractivity contribution in [2.75, 3.05) is 6.61 Å². The third kappa shape index (κ3) is 7.06. The maximum Gasteiger partial charge on any atom is 0.308 e. The van der Waals surface area contributed by atoms with E-state index in [-0.39, 0.29) is 16.7 Å². The third-order valence-electron chi connectivity index (χ3n) is 3.58. The topological polar surface area (TPSA) is 59.1 Å². The van der Waals surface area contributed by atoms with E-state index in [2.05, 4.69) is 33.9 Å². The van der Waals surface area contributed by atoms with Crippen LogP contribution in [-0.4, -0.2) is 37.7 Å². The molecule has 0 spiro atoms. The molecule has 0 aliphatic carbocycles. The van der Waals surface area contributed by atoms with Crippen molar-refractivity contribution in [3.63, 3.8) is 0 Å². The lowest BCUT2D eigenvalue weighted by Gasteiger charge is -2.35. The Bertz CT molecular complexity index is 331. The molecule has 1 aliphatic heterocycles. The first-order chi connectivity index (χ1) is 8.68. The Morgan fingerprint density at radius 3 is 1.80 bits per heavy atom. The van der Waals surface area contributed by atoms with E-state index >= 15 is 0 Å². The van der Waals surface area contributed by atoms with E-state index in [0.717, 1.165) is 0 Å². The number of hydrogen-bond donors (Lipinski definition) is 1. The number of hydrogen-bond acceptors (Lipinski definition) is 3. The summed E-state index contributed by atoms with van der Waals surface area (Å²) in [6.45, 7) is 16.8. The molecule has 2 atom stereocenters. The van der Waals surface area contributed by atoms with Gasteiger partial charge in [-0.05, 0) is 38.9 Å². The van der Waals surface area contributed by atoms with Gasteiger partial charge in [0.2, 0.25) is 0 Å². The highest BCUT2D eigenvalue weighted by Gasteiger charge is 2.42. The zero-order valence-electron chi connectivity index (χ0n) is 13.9. The van der Waals surface area contributed by atoms with Gasteiger partial charge in [0.1, 0.15) is 6.10 Å². The molecule has 20 heavy (non-hydrogen) atoms. The number of carboxylic acid groups (broad SMARTS) is 1. The number of alkyl halides is 1. The van der Waals surface area contributed by atoms with Gasteiger partial charge < -0.3 is 14.3 Å². The van der Waals surface area contributed by atoms with Crippen LogP contribution in [0.5, 0.6) is 0 Å². The SMILES string of the molecule is CC(C)(C)C(=O)O.CC(C)(C)[Si](C)(C)OCC1OC1Cl. The zero-order chi connectivity index (χ0) is 16.4. The number of ether oxygens (including phenoxy) is 1. The lowest BCUT2D eigenvalue weighted by atomic mass is 9.98. The number of epoxide rings is 1. The first kappa shape index (κ1) is 19.9. The Hall–Kier alpha value is -0.103. The molecule has 0 radical (unpaired) electrons. The largest absolute Gasteiger partial charge is 0.481 e. The predicted molar refractivity (Wildman–Crippen MR) is 84.8 cm³/mol. The molecule has 4 nitrogen and oxygen atoms in total. The zero-order valence-corrected chi connectivity index (χ0v) is 15.7. The van der Waals surface area contributed by atoms with Crippen molar-refractivity contribution in [1.82, 2.24) is 0 Å². The highest BCUT2D eigenvalue weighted by atomic mass is 35.5. The van der Waals surface area contributed by atoms with Gasteiger partial charge in [0, 0.05) is 0 Å². The Balaban J connectivity index is 0.000000441. The molecule has 0 amide bonds. The molecule has 1 rings (SSSR count). The summed E-state index contributed by atoms with van der Waals surface area (Å²) in [7, 11) is -1.60. The van der Waals surface area contributed by atoms with Crippen molar-refractivity contribution in [1.29, 1.82) is 0 Å². The number of aliphatic carboxylic acids is 1. The quantitative estimate of drug-likeness (QED) is 0.482. The number of carbonyl (C=O) groups is 1. The van der Waals surface area contributed by atoms with Crippen molar-refractivity contribution in [2.24, 2.45) is 5.41 Å². The Morgan fingerprint density at radius 2 is 1.60 bits per heavy atom. The third-order valence-corrected chi connectivity index (χ3v) is 8.46. The molecule has 0 bridgehead atoms. The standard InChI is InChI=1S/C9H19ClO2Si.C5H10O2/c1-9(2,3)13(4,5)11-6-7-8(10)12-7;1-5(2,3)4(6)7/h7-8H,6H2,1-5H3;1-3H3,(H,6,7). The maximum atomic E-state index is 10.0. The molecular formula is C14H29ClO4Si. The van der Waals surface area contributed by atoms with Crippen LogP contribution in [0.1, 0.15) is 41.5 Å². The van der Waals surface area contributed by atoms with E-state index in [1.165, 1.54) is 0 Å². The van der Waals surface area contributed by atoms with Gasteiger partial charge in [-0.1, -0.05) is 32.4 Å². The summed E-state index contributed by atoms with van der Waals surface area (Å²) in [5, 5.41) is 8.52. The molecule has 1 fully saturated rings. The number of rotatable bonds is 3. The van der Waals surface area contributed by atoms with E-state index in [9.17, 15) is 4.79 Å². The smallest absolute Gasteiger partial charge is 0.308 e. The Labute approximate surface area is 128 Å². The van der Waals surface area contributed by atoms with Crippen LogP contribution < -0.4 is 0 Å². The fourth-order valence-corrected chi connectivity index (χ4v) is 1.96. The lowest BCUT2D eigenvalue weighted by Crippen LogP contribution is -2.41. The molecular weight excluding hydrogens is 296 g/mol. The molecule has 1 saturated heterocycles. The van der Waals surface area contributed by atoms with Crippen molar-refractivity contribution in [3.05, 3.63) is 0 Å². The van der Waals surface area contributed by atoms with Crippen LogP contribution >= 0.6 is 11.6 Å². The van der Waals surface area contributed by atoms with E-state index in [4.69, 9.17) is 25.9 Å². The molecule has 1 aliphatic rings. The summed E-state index contributed by atoms with van der Waals surface area (Å²) in [4.78, 5) is 10.0. The fourth-order valence-electron chi connectivity index (χ4n) is 0.744. The van der Waals surface area contributed by atoms with Crippen molar-refractivity contribution in [2.45, 2.75) is 71.3 Å². The van der Waals surface area contributed by atoms with E-state index in [1.807, 2.05) is 0 Å². The molecule has 0 aromatic carbocycles. The molecule has 0 aromatic heterocycles. The second-order valence-corrected chi connectivity index (χ2v) is 12.9. The van der Waals surface area contributed by atoms with E-state index < -0.39 is 19.7 Å². The van der Waals surface area contributed by atoms with Crippen molar-refractivity contribution in [3.8, 4) is 0 Å². The van der Waals surface area contributed by atoms with Crippen molar-refractivity contribution < 1.29 is 19.1 Å². The van der Waals surface area contributed by atoms with Gasteiger partial charge in [-0.3, -0.25) is 4.79 Å². The van der Waals surface area contributed by atoms with Crippen LogP contribution in [0.3, 0.4) is 0 Å². The molecule has 0 saturated carbocycles. The van der Waals surface area contributed by atoms with Gasteiger partial charge in [0.25, 0.3) is 0 Å². The normalized spacial score (nSPS) is 22.9. The highest BCUT2D eigenvalue weighted by Crippen LogP contribution is 2.37. The minimum atomic E-state index is -1.60. The number of halogens is 1. The molecule has 2 unspecified atom stereocenters. The van der Waals surface area contributed by atoms with Crippen LogP contribution in [0.2, 0.25) is 18.1 Å². The Morgan fingerprint density at radius 1 is 1.25 bits per heavy atom. The van der Waals surface area contributed by atoms with Crippen LogP contribution in [0, 0.1) is 5.41 Å². The second-order valence-electron chi connectivity index (χ2n) is 7.65.